The summed E-state index contributed by atoms with van der Waals surface area (Å²) in [5.74, 6) is -1.05. The highest BCUT2D eigenvalue weighted by molar-refractivity contribution is 5.90. The molecule has 25 heavy (non-hydrogen) atoms. The van der Waals surface area contributed by atoms with Crippen molar-refractivity contribution < 1.29 is 29.0 Å². The van der Waals surface area contributed by atoms with Crippen LogP contribution >= 0.6 is 0 Å². The highest BCUT2D eigenvalue weighted by Crippen LogP contribution is 2.29. The molecule has 0 aliphatic carbocycles. The zero-order chi connectivity index (χ0) is 18.1. The van der Waals surface area contributed by atoms with Gasteiger partial charge in [-0.1, -0.05) is 0 Å². The van der Waals surface area contributed by atoms with Crippen LogP contribution < -0.4 is 9.80 Å². The summed E-state index contributed by atoms with van der Waals surface area (Å²) < 4.78 is 19.5. The second kappa shape index (κ2) is 6.85. The van der Waals surface area contributed by atoms with Gasteiger partial charge in [-0.05, 0) is 24.6 Å². The molecule has 8 nitrogen and oxygen atoms in total. The van der Waals surface area contributed by atoms with E-state index < -0.39 is 30.0 Å². The van der Waals surface area contributed by atoms with Crippen molar-refractivity contribution in [3.8, 4) is 0 Å². The Bertz CT molecular complexity index is 686. The highest BCUT2D eigenvalue weighted by atomic mass is 19.1. The van der Waals surface area contributed by atoms with Crippen LogP contribution in [0, 0.1) is 5.82 Å². The molecule has 2 fully saturated rings. The van der Waals surface area contributed by atoms with Crippen LogP contribution in [-0.2, 0) is 9.53 Å². The zero-order valence-electron chi connectivity index (χ0n) is 13.8. The van der Waals surface area contributed by atoms with Gasteiger partial charge in [0, 0.05) is 20.0 Å². The molecule has 1 aromatic carbocycles. The molecule has 2 saturated heterocycles. The summed E-state index contributed by atoms with van der Waals surface area (Å²) in [6, 6.07) is 4.41. The first-order valence-electron chi connectivity index (χ1n) is 8.03. The van der Waals surface area contributed by atoms with Crippen molar-refractivity contribution in [2.75, 3.05) is 36.0 Å². The van der Waals surface area contributed by atoms with E-state index in [0.717, 1.165) is 0 Å². The molecule has 0 radical (unpaired) electrons. The molecule has 1 aromatic rings. The fraction of sp³-hybridized carbons (Fsp3) is 0.500. The number of cyclic esters (lactones) is 1. The van der Waals surface area contributed by atoms with Crippen molar-refractivity contribution >= 4 is 23.4 Å². The maximum Gasteiger partial charge on any atom is 0.414 e. The number of carbonyl (C=O) groups is 2. The van der Waals surface area contributed by atoms with E-state index in [9.17, 15) is 24.3 Å². The summed E-state index contributed by atoms with van der Waals surface area (Å²) in [5, 5.41) is 19.5. The highest BCUT2D eigenvalue weighted by Gasteiger charge is 2.34. The quantitative estimate of drug-likeness (QED) is 0.619. The Morgan fingerprint density at radius 2 is 2.20 bits per heavy atom. The summed E-state index contributed by atoms with van der Waals surface area (Å²) in [4.78, 5) is 26.0. The minimum atomic E-state index is -0.696. The van der Waals surface area contributed by atoms with Crippen LogP contribution in [0.2, 0.25) is 0 Å². The van der Waals surface area contributed by atoms with Gasteiger partial charge in [0.25, 0.3) is 0 Å². The van der Waals surface area contributed by atoms with Gasteiger partial charge in [0.2, 0.25) is 5.91 Å². The lowest BCUT2D eigenvalue weighted by atomic mass is 10.2. The van der Waals surface area contributed by atoms with Crippen LogP contribution in [0.15, 0.2) is 18.2 Å². The van der Waals surface area contributed by atoms with Gasteiger partial charge >= 0.3 is 6.09 Å². The SMILES string of the molecule is CC(=O)N(O)C[C@@H]1CN(c2ccc(N3CCC(O)C3)c(F)c2)C(=O)O1. The number of rotatable bonds is 4. The number of hydrogen-bond donors (Lipinski definition) is 2. The Kier molecular flexibility index (Phi) is 4.78. The third-order valence-electron chi connectivity index (χ3n) is 4.36. The number of amides is 2. The molecule has 0 bridgehead atoms. The molecule has 0 saturated carbocycles. The summed E-state index contributed by atoms with van der Waals surface area (Å²) in [6.45, 7) is 2.09. The van der Waals surface area contributed by atoms with Crippen LogP contribution in [0.1, 0.15) is 13.3 Å². The number of hydroxylamine groups is 2. The number of β-amino-alcohol motifs (C(OH)–C–C–N with tert-alkyl or cyclic N) is 1. The number of nitrogens with zero attached hydrogens (tertiary/aromatic N) is 3. The molecule has 2 aliphatic rings. The number of aliphatic hydroxyl groups excluding tert-OH is 1. The number of halogens is 1. The van der Waals surface area contributed by atoms with Gasteiger partial charge in [0.15, 0.2) is 0 Å². The van der Waals surface area contributed by atoms with E-state index in [-0.39, 0.29) is 13.1 Å². The molecule has 1 unspecified atom stereocenters. The standard InChI is InChI=1S/C16H20FN3O5/c1-10(21)20(24)9-13-8-19(16(23)25-13)11-2-3-15(14(17)6-11)18-5-4-12(22)7-18/h2-3,6,12-13,22,24H,4-5,7-9H2,1H3/t12?,13-/m0/s1. The van der Waals surface area contributed by atoms with Crippen molar-refractivity contribution in [2.45, 2.75) is 25.6 Å². The molecule has 0 spiro atoms. The third-order valence-corrected chi connectivity index (χ3v) is 4.36. The van der Waals surface area contributed by atoms with Gasteiger partial charge < -0.3 is 14.7 Å². The second-order valence-corrected chi connectivity index (χ2v) is 6.24. The Morgan fingerprint density at radius 1 is 1.44 bits per heavy atom. The van der Waals surface area contributed by atoms with E-state index in [2.05, 4.69) is 0 Å². The van der Waals surface area contributed by atoms with Gasteiger partial charge in [0.1, 0.15) is 11.9 Å². The summed E-state index contributed by atoms with van der Waals surface area (Å²) >= 11 is 0. The number of anilines is 2. The lowest BCUT2D eigenvalue weighted by molar-refractivity contribution is -0.166. The van der Waals surface area contributed by atoms with Gasteiger partial charge in [-0.2, -0.15) is 0 Å². The summed E-state index contributed by atoms with van der Waals surface area (Å²) in [6.07, 6.45) is -1.23. The van der Waals surface area contributed by atoms with Gasteiger partial charge in [-0.3, -0.25) is 14.9 Å². The number of aliphatic hydroxyl groups is 1. The topological polar surface area (TPSA) is 93.6 Å². The molecular formula is C16H20FN3O5. The molecule has 2 heterocycles. The van der Waals surface area contributed by atoms with E-state index in [1.807, 2.05) is 0 Å². The molecule has 2 atom stereocenters. The number of hydrogen-bond acceptors (Lipinski definition) is 6. The molecular weight excluding hydrogens is 333 g/mol. The fourth-order valence-corrected chi connectivity index (χ4v) is 3.03. The first-order chi connectivity index (χ1) is 11.8. The van der Waals surface area contributed by atoms with Crippen molar-refractivity contribution in [3.63, 3.8) is 0 Å². The summed E-state index contributed by atoms with van der Waals surface area (Å²) in [7, 11) is 0. The predicted molar refractivity (Wildman–Crippen MR) is 86.0 cm³/mol. The average Bonchev–Trinajstić information content (AvgIpc) is 3.13. The van der Waals surface area contributed by atoms with Crippen molar-refractivity contribution in [2.24, 2.45) is 0 Å². The lowest BCUT2D eigenvalue weighted by Crippen LogP contribution is -2.35. The van der Waals surface area contributed by atoms with Crippen LogP contribution in [0.3, 0.4) is 0 Å². The smallest absolute Gasteiger partial charge is 0.414 e. The van der Waals surface area contributed by atoms with Crippen LogP contribution in [0.25, 0.3) is 0 Å². The van der Waals surface area contributed by atoms with E-state index >= 15 is 0 Å². The molecule has 3 rings (SSSR count). The number of benzene rings is 1. The van der Waals surface area contributed by atoms with E-state index in [0.29, 0.717) is 35.9 Å². The van der Waals surface area contributed by atoms with Crippen molar-refractivity contribution in [1.82, 2.24) is 5.06 Å². The maximum atomic E-state index is 14.4. The van der Waals surface area contributed by atoms with Gasteiger partial charge in [-0.25, -0.2) is 14.2 Å². The Hall–Kier alpha value is -2.39. The zero-order valence-corrected chi connectivity index (χ0v) is 13.8. The maximum absolute atomic E-state index is 14.4. The first kappa shape index (κ1) is 17.4. The van der Waals surface area contributed by atoms with E-state index in [4.69, 9.17) is 4.74 Å². The Labute approximate surface area is 143 Å². The van der Waals surface area contributed by atoms with Crippen molar-refractivity contribution in [3.05, 3.63) is 24.0 Å². The predicted octanol–water partition coefficient (Wildman–Crippen LogP) is 0.960. The fourth-order valence-electron chi connectivity index (χ4n) is 3.03. The molecule has 2 amide bonds. The Morgan fingerprint density at radius 3 is 2.80 bits per heavy atom. The Balaban J connectivity index is 1.70. The van der Waals surface area contributed by atoms with E-state index in [1.165, 1.54) is 17.9 Å². The largest absolute Gasteiger partial charge is 0.442 e. The van der Waals surface area contributed by atoms with Crippen LogP contribution in [0.5, 0.6) is 0 Å². The lowest BCUT2D eigenvalue weighted by Gasteiger charge is -2.20. The minimum absolute atomic E-state index is 0.102. The molecule has 2 N–H and O–H groups in total. The monoisotopic (exact) mass is 353 g/mol. The van der Waals surface area contributed by atoms with Gasteiger partial charge in [-0.15, -0.1) is 0 Å². The second-order valence-electron chi connectivity index (χ2n) is 6.24. The van der Waals surface area contributed by atoms with Crippen LogP contribution in [-0.4, -0.2) is 65.8 Å². The van der Waals surface area contributed by atoms with Crippen molar-refractivity contribution in [1.29, 1.82) is 0 Å². The number of carbonyl (C=O) groups excluding carboxylic acids is 2. The minimum Gasteiger partial charge on any atom is -0.442 e. The molecule has 136 valence electrons. The normalized spacial score (nSPS) is 23.1. The van der Waals surface area contributed by atoms with Crippen LogP contribution in [0.4, 0.5) is 20.6 Å². The average molecular weight is 353 g/mol. The molecule has 0 aromatic heterocycles. The van der Waals surface area contributed by atoms with Gasteiger partial charge in [0.05, 0.1) is 30.6 Å². The number of ether oxygens (including phenoxy) is 1. The van der Waals surface area contributed by atoms with E-state index in [1.54, 1.807) is 17.0 Å². The third kappa shape index (κ3) is 3.67. The molecule has 2 aliphatic heterocycles. The summed E-state index contributed by atoms with van der Waals surface area (Å²) in [5.41, 5.74) is 0.711. The molecule has 9 heteroatoms. The first-order valence-corrected chi connectivity index (χ1v) is 8.03.